The average molecular weight is 147 g/mol. The largest absolute Gasteiger partial charge is 0.298 e. The fourth-order valence-electron chi connectivity index (χ4n) is 0.505. The molecule has 5 heteroatoms. The lowest BCUT2D eigenvalue weighted by Crippen LogP contribution is -2.37. The van der Waals surface area contributed by atoms with Gasteiger partial charge in [-0.25, -0.2) is 26.0 Å². The van der Waals surface area contributed by atoms with E-state index >= 15 is 0 Å². The van der Waals surface area contributed by atoms with Crippen LogP contribution in [0.5, 0.6) is 0 Å². The fourth-order valence-corrected chi connectivity index (χ4v) is 0.505. The molecule has 10 heavy (non-hydrogen) atoms. The number of aliphatic imine (C=N–C) groups is 1. The Morgan fingerprint density at radius 1 is 1.70 bits per heavy atom. The van der Waals surface area contributed by atoms with Crippen molar-refractivity contribution in [2.45, 2.75) is 19.8 Å². The quantitative estimate of drug-likeness (QED) is 0.328. The Labute approximate surface area is 60.1 Å². The molecule has 0 rings (SSSR count). The van der Waals surface area contributed by atoms with Gasteiger partial charge in [-0.1, -0.05) is 0 Å². The van der Waals surface area contributed by atoms with Gasteiger partial charge in [0.1, 0.15) is 0 Å². The van der Waals surface area contributed by atoms with E-state index < -0.39 is 5.91 Å². The summed E-state index contributed by atoms with van der Waals surface area (Å²) in [5.74, 6) is 3.78. The molecular formula is C5H13N3O2. The van der Waals surface area contributed by atoms with Gasteiger partial charge in [-0.05, 0) is 6.92 Å². The number of nitrogens with one attached hydrogen (secondary N) is 1. The van der Waals surface area contributed by atoms with Crippen molar-refractivity contribution in [2.24, 2.45) is 10.9 Å². The second-order valence-electron chi connectivity index (χ2n) is 1.71. The molecule has 1 atom stereocenters. The van der Waals surface area contributed by atoms with Crippen molar-refractivity contribution in [1.82, 2.24) is 5.48 Å². The number of nitrogens with zero attached hydrogens (tertiary/aromatic N) is 1. The van der Waals surface area contributed by atoms with Gasteiger partial charge in [0, 0.05) is 20.2 Å². The average Bonchev–Trinajstić information content (AvgIpc) is 1.89. The van der Waals surface area contributed by atoms with Gasteiger partial charge in [0.2, 0.25) is 0 Å². The molecule has 0 spiro atoms. The van der Waals surface area contributed by atoms with E-state index in [0.717, 1.165) is 0 Å². The van der Waals surface area contributed by atoms with Crippen LogP contribution in [0.2, 0.25) is 0 Å². The van der Waals surface area contributed by atoms with Gasteiger partial charge in [-0.15, -0.1) is 0 Å². The van der Waals surface area contributed by atoms with Gasteiger partial charge in [0.15, 0.2) is 0 Å². The van der Waals surface area contributed by atoms with Crippen LogP contribution in [-0.4, -0.2) is 19.2 Å². The van der Waals surface area contributed by atoms with Gasteiger partial charge >= 0.3 is 0 Å². The zero-order chi connectivity index (χ0) is 8.04. The third-order valence-corrected chi connectivity index (χ3v) is 0.874. The van der Waals surface area contributed by atoms with E-state index in [1.807, 2.05) is 0 Å². The lowest BCUT2D eigenvalue weighted by molar-refractivity contribution is -0.250. The van der Waals surface area contributed by atoms with Crippen molar-refractivity contribution in [3.05, 3.63) is 0 Å². The first-order valence-electron chi connectivity index (χ1n) is 2.91. The van der Waals surface area contributed by atoms with E-state index in [4.69, 9.17) is 10.7 Å². The molecule has 0 aliphatic carbocycles. The van der Waals surface area contributed by atoms with Crippen molar-refractivity contribution < 1.29 is 9.68 Å². The lowest BCUT2D eigenvalue weighted by Gasteiger charge is -2.20. The molecular weight excluding hydrogens is 134 g/mol. The van der Waals surface area contributed by atoms with Gasteiger partial charge in [0.25, 0.3) is 5.91 Å². The molecule has 0 bridgehead atoms. The summed E-state index contributed by atoms with van der Waals surface area (Å²) in [6.45, 7) is 3.33. The Balaban J connectivity index is 3.94. The lowest BCUT2D eigenvalue weighted by atomic mass is 10.6. The maximum Gasteiger partial charge on any atom is 0.298 e. The molecule has 5 nitrogen and oxygen atoms in total. The smallest absolute Gasteiger partial charge is 0.246 e. The third kappa shape index (κ3) is 2.88. The Hall–Kier alpha value is -0.490. The highest BCUT2D eigenvalue weighted by atomic mass is 16.8. The predicted octanol–water partition coefficient (Wildman–Crippen LogP) is -0.208. The summed E-state index contributed by atoms with van der Waals surface area (Å²) >= 11 is 0. The van der Waals surface area contributed by atoms with Gasteiger partial charge < -0.3 is 0 Å². The molecule has 0 aliphatic rings. The van der Waals surface area contributed by atoms with E-state index in [-0.39, 0.29) is 0 Å². The molecule has 1 unspecified atom stereocenters. The van der Waals surface area contributed by atoms with Crippen LogP contribution in [0, 0.1) is 0 Å². The SMILES string of the molecule is CC=NC(C)(ON)ONC. The summed E-state index contributed by atoms with van der Waals surface area (Å²) in [5, 5.41) is 0. The summed E-state index contributed by atoms with van der Waals surface area (Å²) in [4.78, 5) is 13.1. The highest BCUT2D eigenvalue weighted by molar-refractivity contribution is 5.53. The van der Waals surface area contributed by atoms with Crippen LogP contribution < -0.4 is 11.4 Å². The van der Waals surface area contributed by atoms with Crippen LogP contribution in [0.25, 0.3) is 0 Å². The topological polar surface area (TPSA) is 68.9 Å². The summed E-state index contributed by atoms with van der Waals surface area (Å²) in [6, 6.07) is 0. The molecule has 0 saturated heterocycles. The zero-order valence-electron chi connectivity index (χ0n) is 6.42. The van der Waals surface area contributed by atoms with E-state index in [1.54, 1.807) is 27.1 Å². The first-order chi connectivity index (χ1) is 4.68. The Morgan fingerprint density at radius 2 is 2.30 bits per heavy atom. The number of hydrogen-bond acceptors (Lipinski definition) is 5. The highest BCUT2D eigenvalue weighted by Gasteiger charge is 2.22. The van der Waals surface area contributed by atoms with Crippen LogP contribution in [0.3, 0.4) is 0 Å². The van der Waals surface area contributed by atoms with Crippen LogP contribution in [-0.2, 0) is 9.68 Å². The molecule has 0 radical (unpaired) electrons. The molecule has 0 saturated carbocycles. The van der Waals surface area contributed by atoms with Crippen LogP contribution >= 0.6 is 0 Å². The van der Waals surface area contributed by atoms with Crippen molar-refractivity contribution in [3.8, 4) is 0 Å². The van der Waals surface area contributed by atoms with Crippen LogP contribution in [0.4, 0.5) is 0 Å². The minimum Gasteiger partial charge on any atom is -0.246 e. The Bertz CT molecular complexity index is 117. The molecule has 0 aromatic heterocycles. The van der Waals surface area contributed by atoms with Crippen molar-refractivity contribution in [3.63, 3.8) is 0 Å². The zero-order valence-corrected chi connectivity index (χ0v) is 6.42. The van der Waals surface area contributed by atoms with E-state index in [9.17, 15) is 0 Å². The summed E-state index contributed by atoms with van der Waals surface area (Å²) in [7, 11) is 1.60. The second kappa shape index (κ2) is 4.35. The van der Waals surface area contributed by atoms with E-state index in [1.165, 1.54) is 0 Å². The van der Waals surface area contributed by atoms with E-state index in [2.05, 4.69) is 15.3 Å². The molecule has 0 aliphatic heterocycles. The summed E-state index contributed by atoms with van der Waals surface area (Å²) < 4.78 is 0. The minimum absolute atomic E-state index is 1.12. The normalized spacial score (nSPS) is 17.6. The standard InChI is InChI=1S/C5H13N3O2/c1-4-8-5(2,9-6)10-7-3/h4,7H,6H2,1-3H3. The number of rotatable bonds is 4. The predicted molar refractivity (Wildman–Crippen MR) is 38.0 cm³/mol. The monoisotopic (exact) mass is 147 g/mol. The molecule has 3 N–H and O–H groups in total. The molecule has 0 aromatic rings. The van der Waals surface area contributed by atoms with Gasteiger partial charge in [-0.2, -0.15) is 0 Å². The molecule has 60 valence electrons. The second-order valence-corrected chi connectivity index (χ2v) is 1.71. The first-order valence-corrected chi connectivity index (χ1v) is 2.91. The summed E-state index contributed by atoms with van der Waals surface area (Å²) in [5.41, 5.74) is 2.43. The molecule has 0 aromatic carbocycles. The maximum absolute atomic E-state index is 4.90. The summed E-state index contributed by atoms with van der Waals surface area (Å²) in [6.07, 6.45) is 1.55. The van der Waals surface area contributed by atoms with Crippen molar-refractivity contribution in [1.29, 1.82) is 0 Å². The maximum atomic E-state index is 4.90. The molecule has 0 amide bonds. The minimum atomic E-state index is -1.12. The van der Waals surface area contributed by atoms with Crippen molar-refractivity contribution in [2.75, 3.05) is 7.05 Å². The van der Waals surface area contributed by atoms with Crippen molar-refractivity contribution >= 4 is 6.21 Å². The third-order valence-electron chi connectivity index (χ3n) is 0.874. The Morgan fingerprint density at radius 3 is 2.60 bits per heavy atom. The van der Waals surface area contributed by atoms with Gasteiger partial charge in [-0.3, -0.25) is 0 Å². The first kappa shape index (κ1) is 9.51. The fraction of sp³-hybridized carbons (Fsp3) is 0.800. The van der Waals surface area contributed by atoms with Crippen LogP contribution in [0.1, 0.15) is 13.8 Å². The van der Waals surface area contributed by atoms with Crippen LogP contribution in [0.15, 0.2) is 4.99 Å². The number of nitrogens with two attached hydrogens (primary N) is 1. The van der Waals surface area contributed by atoms with Gasteiger partial charge in [0.05, 0.1) is 0 Å². The Kier molecular flexibility index (Phi) is 4.13. The number of hydroxylamine groups is 1. The van der Waals surface area contributed by atoms with E-state index in [0.29, 0.717) is 0 Å². The number of hydrogen-bond donors (Lipinski definition) is 2. The molecule has 0 heterocycles. The molecule has 0 fully saturated rings. The highest BCUT2D eigenvalue weighted by Crippen LogP contribution is 2.07.